The van der Waals surface area contributed by atoms with Crippen LogP contribution < -0.4 is 10.4 Å². The third-order valence-corrected chi connectivity index (χ3v) is 9.76. The molecule has 8 nitrogen and oxygen atoms in total. The highest BCUT2D eigenvalue weighted by Crippen LogP contribution is 2.52. The summed E-state index contributed by atoms with van der Waals surface area (Å²) < 4.78 is 6.20. The number of amides is 2. The number of phenolic OH excluding ortho intramolecular Hbond substituents is 1. The zero-order valence-electron chi connectivity index (χ0n) is 25.7. The second-order valence-corrected chi connectivity index (χ2v) is 12.5. The molecule has 0 aromatic heterocycles. The molecule has 0 unspecified atom stereocenters. The molecule has 2 amide bonds. The van der Waals surface area contributed by atoms with Crippen LogP contribution in [0.25, 0.3) is 16.8 Å². The van der Waals surface area contributed by atoms with Crippen molar-refractivity contribution < 1.29 is 34.4 Å². The highest BCUT2D eigenvalue weighted by atomic mass is 16.5. The Labute approximate surface area is 264 Å². The molecule has 2 aliphatic heterocycles. The monoisotopic (exact) mass is 607 g/mol. The summed E-state index contributed by atoms with van der Waals surface area (Å²) in [6.45, 7) is 4.21. The molecule has 1 aliphatic carbocycles. The Morgan fingerprint density at radius 3 is 2.53 bits per heavy atom. The number of allylic oxidation sites excluding steroid dienone is 2. The molecule has 4 atom stereocenters. The van der Waals surface area contributed by atoms with E-state index in [1.165, 1.54) is 22.6 Å². The largest absolute Gasteiger partial charge is 0.507 e. The number of rotatable bonds is 9. The minimum Gasteiger partial charge on any atom is -0.507 e. The van der Waals surface area contributed by atoms with Gasteiger partial charge in [0.2, 0.25) is 11.8 Å². The SMILES string of the molecule is CCCC1=C2[C@@H](CC/C(=C/c3ccc(O)c4ccccc34)CC)OB(O)C[C@@H]2[C@@H]2C(=O)N(c3cccc(B(O)O)c3)C(=O)[C@@H]2C1. The molecule has 0 saturated carbocycles. The molecule has 0 spiro atoms. The molecule has 10 heteroatoms. The van der Waals surface area contributed by atoms with E-state index in [-0.39, 0.29) is 41.4 Å². The molecule has 0 radical (unpaired) electrons. The van der Waals surface area contributed by atoms with Crippen LogP contribution in [0.3, 0.4) is 0 Å². The van der Waals surface area contributed by atoms with Crippen molar-refractivity contribution in [1.82, 2.24) is 0 Å². The summed E-state index contributed by atoms with van der Waals surface area (Å²) in [7, 11) is -2.77. The van der Waals surface area contributed by atoms with Gasteiger partial charge in [-0.15, -0.1) is 0 Å². The van der Waals surface area contributed by atoms with Crippen molar-refractivity contribution in [3.63, 3.8) is 0 Å². The minimum absolute atomic E-state index is 0.204. The van der Waals surface area contributed by atoms with Crippen molar-refractivity contribution in [3.05, 3.63) is 82.9 Å². The summed E-state index contributed by atoms with van der Waals surface area (Å²) in [6, 6.07) is 17.7. The van der Waals surface area contributed by atoms with Crippen LogP contribution >= 0.6 is 0 Å². The molecule has 3 aromatic carbocycles. The minimum atomic E-state index is -1.72. The van der Waals surface area contributed by atoms with Crippen LogP contribution in [-0.2, 0) is 14.2 Å². The molecule has 2 saturated heterocycles. The summed E-state index contributed by atoms with van der Waals surface area (Å²) >= 11 is 0. The van der Waals surface area contributed by atoms with E-state index in [0.29, 0.717) is 18.5 Å². The van der Waals surface area contributed by atoms with Crippen LogP contribution in [0.15, 0.2) is 77.4 Å². The zero-order valence-corrected chi connectivity index (χ0v) is 25.7. The van der Waals surface area contributed by atoms with Gasteiger partial charge in [0.1, 0.15) is 5.75 Å². The second-order valence-electron chi connectivity index (χ2n) is 12.5. The number of imide groups is 1. The molecular weight excluding hydrogens is 568 g/mol. The van der Waals surface area contributed by atoms with Gasteiger partial charge in [0.25, 0.3) is 0 Å². The van der Waals surface area contributed by atoms with Gasteiger partial charge in [-0.2, -0.15) is 0 Å². The highest BCUT2D eigenvalue weighted by Gasteiger charge is 2.57. The van der Waals surface area contributed by atoms with Crippen molar-refractivity contribution in [2.24, 2.45) is 17.8 Å². The number of hydrogen-bond acceptors (Lipinski definition) is 7. The van der Waals surface area contributed by atoms with Gasteiger partial charge in [-0.1, -0.05) is 80.0 Å². The van der Waals surface area contributed by atoms with E-state index in [1.54, 1.807) is 18.2 Å². The van der Waals surface area contributed by atoms with Crippen LogP contribution in [0, 0.1) is 17.8 Å². The van der Waals surface area contributed by atoms with E-state index in [2.05, 4.69) is 19.9 Å². The van der Waals surface area contributed by atoms with Gasteiger partial charge >= 0.3 is 14.2 Å². The number of benzene rings is 3. The van der Waals surface area contributed by atoms with Crippen molar-refractivity contribution in [3.8, 4) is 5.75 Å². The fourth-order valence-corrected chi connectivity index (χ4v) is 7.70. The maximum Gasteiger partial charge on any atom is 0.488 e. The lowest BCUT2D eigenvalue weighted by atomic mass is 9.58. The molecule has 6 rings (SSSR count). The second kappa shape index (κ2) is 13.0. The first kappa shape index (κ1) is 31.3. The quantitative estimate of drug-likeness (QED) is 0.159. The van der Waals surface area contributed by atoms with Crippen molar-refractivity contribution in [2.45, 2.75) is 64.8 Å². The Morgan fingerprint density at radius 2 is 1.80 bits per heavy atom. The van der Waals surface area contributed by atoms with Crippen molar-refractivity contribution in [2.75, 3.05) is 4.90 Å². The third kappa shape index (κ3) is 5.88. The van der Waals surface area contributed by atoms with E-state index in [4.69, 9.17) is 4.65 Å². The Hall–Kier alpha value is -3.69. The first-order chi connectivity index (χ1) is 21.7. The standard InChI is InChI=1S/C35H39B2NO7/c1-3-8-23-18-28-33(35(41)38(34(28)40)25-10-7-9-24(19-25)37(43)44)29-20-36(42)45-31(32(23)29)16-13-21(4-2)17-22-14-15-30(39)27-12-6-5-11-26(22)27/h5-7,9-12,14-15,17,19,28-29,31,33,39,42-44H,3-4,8,13,16,18,20H2,1-2H3/b21-17+/t28-,29+,31-,33-/m1/s1. The number of aromatic hydroxyl groups is 1. The lowest BCUT2D eigenvalue weighted by Crippen LogP contribution is -2.46. The number of nitrogens with zero attached hydrogens (tertiary/aromatic N) is 1. The van der Waals surface area contributed by atoms with E-state index in [1.807, 2.05) is 30.3 Å². The first-order valence-electron chi connectivity index (χ1n) is 16.0. The lowest BCUT2D eigenvalue weighted by molar-refractivity contribution is -0.122. The Kier molecular flexibility index (Phi) is 9.02. The summed E-state index contributed by atoms with van der Waals surface area (Å²) in [5.41, 5.74) is 4.98. The van der Waals surface area contributed by atoms with E-state index < -0.39 is 26.1 Å². The highest BCUT2D eigenvalue weighted by molar-refractivity contribution is 6.58. The van der Waals surface area contributed by atoms with Crippen molar-refractivity contribution in [1.29, 1.82) is 0 Å². The maximum absolute atomic E-state index is 14.0. The molecule has 232 valence electrons. The zero-order chi connectivity index (χ0) is 31.8. The Balaban J connectivity index is 1.30. The van der Waals surface area contributed by atoms with Gasteiger partial charge in [-0.25, -0.2) is 0 Å². The van der Waals surface area contributed by atoms with Gasteiger partial charge in [0, 0.05) is 5.39 Å². The van der Waals surface area contributed by atoms with Gasteiger partial charge in [-0.05, 0) is 84.5 Å². The van der Waals surface area contributed by atoms with E-state index in [0.717, 1.165) is 53.2 Å². The molecule has 3 aromatic rings. The first-order valence-corrected chi connectivity index (χ1v) is 16.0. The average Bonchev–Trinajstić information content (AvgIpc) is 3.29. The predicted molar refractivity (Wildman–Crippen MR) is 177 cm³/mol. The fourth-order valence-electron chi connectivity index (χ4n) is 7.70. The third-order valence-electron chi connectivity index (χ3n) is 9.76. The molecule has 3 aliphatic rings. The van der Waals surface area contributed by atoms with E-state index >= 15 is 0 Å². The van der Waals surface area contributed by atoms with Gasteiger partial charge < -0.3 is 24.8 Å². The molecule has 4 N–H and O–H groups in total. The van der Waals surface area contributed by atoms with Gasteiger partial charge in [-0.3, -0.25) is 14.5 Å². The average molecular weight is 607 g/mol. The van der Waals surface area contributed by atoms with Crippen LogP contribution in [0.5, 0.6) is 5.75 Å². The van der Waals surface area contributed by atoms with E-state index in [9.17, 15) is 29.8 Å². The topological polar surface area (TPSA) is 128 Å². The smallest absolute Gasteiger partial charge is 0.488 e. The number of carbonyl (C=O) groups is 2. The van der Waals surface area contributed by atoms with Crippen LogP contribution in [0.4, 0.5) is 5.69 Å². The van der Waals surface area contributed by atoms with Crippen LogP contribution in [0.2, 0.25) is 6.32 Å². The summed E-state index contributed by atoms with van der Waals surface area (Å²) in [5.74, 6) is -1.80. The van der Waals surface area contributed by atoms with Gasteiger partial charge in [0.15, 0.2) is 0 Å². The Bertz CT molecular complexity index is 1690. The summed E-state index contributed by atoms with van der Waals surface area (Å²) in [5, 5.41) is 42.4. The predicted octanol–water partition coefficient (Wildman–Crippen LogP) is 4.60. The number of carbonyl (C=O) groups excluding carboxylic acids is 2. The molecule has 2 fully saturated rings. The number of fused-ring (bicyclic) bond motifs is 4. The van der Waals surface area contributed by atoms with Gasteiger partial charge in [0.05, 0.1) is 23.6 Å². The molecule has 0 bridgehead atoms. The molecule has 45 heavy (non-hydrogen) atoms. The fraction of sp³-hybridized carbons (Fsp3) is 0.371. The molecular formula is C35H39B2NO7. The number of phenols is 1. The Morgan fingerprint density at radius 1 is 1.02 bits per heavy atom. The van der Waals surface area contributed by atoms with Crippen LogP contribution in [0.1, 0.15) is 57.9 Å². The number of hydrogen-bond donors (Lipinski definition) is 4. The lowest BCUT2D eigenvalue weighted by Gasteiger charge is -2.43. The normalized spacial score (nSPS) is 23.5. The number of anilines is 1. The molecule has 2 heterocycles. The summed E-state index contributed by atoms with van der Waals surface area (Å²) in [6.07, 6.45) is 6.36. The maximum atomic E-state index is 14.0. The van der Waals surface area contributed by atoms with Crippen molar-refractivity contribution >= 4 is 54.0 Å². The summed E-state index contributed by atoms with van der Waals surface area (Å²) in [4.78, 5) is 29.0. The van der Waals surface area contributed by atoms with Crippen LogP contribution in [-0.4, -0.2) is 52.3 Å².